The minimum Gasteiger partial charge on any atom is -0.388 e. The Bertz CT molecular complexity index is 384. The summed E-state index contributed by atoms with van der Waals surface area (Å²) >= 11 is 4.82. The van der Waals surface area contributed by atoms with Gasteiger partial charge >= 0.3 is 0 Å². The largest absolute Gasteiger partial charge is 0.388 e. The molecule has 0 bridgehead atoms. The zero-order valence-electron chi connectivity index (χ0n) is 10.8. The first-order valence-electron chi connectivity index (χ1n) is 5.68. The van der Waals surface area contributed by atoms with Crippen LogP contribution >= 0.6 is 12.2 Å². The van der Waals surface area contributed by atoms with E-state index >= 15 is 0 Å². The first-order chi connectivity index (χ1) is 7.83. The molecule has 4 nitrogen and oxygen atoms in total. The second-order valence-electron chi connectivity index (χ2n) is 5.15. The lowest BCUT2D eigenvalue weighted by molar-refractivity contribution is 0.269. The van der Waals surface area contributed by atoms with Gasteiger partial charge in [-0.25, -0.2) is 9.97 Å². The molecule has 0 saturated heterocycles. The number of rotatable bonds is 5. The van der Waals surface area contributed by atoms with Gasteiger partial charge in [0.05, 0.1) is 12.4 Å². The zero-order valence-corrected chi connectivity index (χ0v) is 11.6. The third-order valence-corrected chi connectivity index (χ3v) is 3.40. The molecule has 0 aliphatic rings. The molecular weight excluding hydrogens is 232 g/mol. The first kappa shape index (κ1) is 13.8. The van der Waals surface area contributed by atoms with Gasteiger partial charge in [-0.05, 0) is 11.3 Å². The summed E-state index contributed by atoms with van der Waals surface area (Å²) in [5.41, 5.74) is 6.22. The second-order valence-corrected chi connectivity index (χ2v) is 5.59. The van der Waals surface area contributed by atoms with E-state index in [1.807, 2.05) is 0 Å². The monoisotopic (exact) mass is 252 g/mol. The van der Waals surface area contributed by atoms with Gasteiger partial charge in [0.2, 0.25) is 0 Å². The van der Waals surface area contributed by atoms with Crippen molar-refractivity contribution < 1.29 is 0 Å². The number of nitrogens with two attached hydrogens (primary N) is 1. The molecule has 0 spiro atoms. The van der Waals surface area contributed by atoms with Crippen molar-refractivity contribution in [2.75, 3.05) is 11.9 Å². The summed E-state index contributed by atoms with van der Waals surface area (Å²) in [6, 6.07) is 0. The summed E-state index contributed by atoms with van der Waals surface area (Å²) in [4.78, 5) is 8.62. The Morgan fingerprint density at radius 2 is 2.06 bits per heavy atom. The molecule has 0 aliphatic heterocycles. The summed E-state index contributed by atoms with van der Waals surface area (Å²) in [5, 5.41) is 3.27. The van der Waals surface area contributed by atoms with Crippen LogP contribution in [0.4, 0.5) is 5.82 Å². The fraction of sp³-hybridized carbons (Fsp3) is 0.583. The third kappa shape index (κ3) is 3.93. The highest BCUT2D eigenvalue weighted by Crippen LogP contribution is 2.25. The normalized spacial score (nSPS) is 11.6. The maximum absolute atomic E-state index is 5.46. The fourth-order valence-corrected chi connectivity index (χ4v) is 1.17. The Kier molecular flexibility index (Phi) is 4.40. The van der Waals surface area contributed by atoms with Crippen LogP contribution in [-0.4, -0.2) is 21.5 Å². The van der Waals surface area contributed by atoms with E-state index in [0.29, 0.717) is 11.6 Å². The Morgan fingerprint density at radius 1 is 1.41 bits per heavy atom. The van der Waals surface area contributed by atoms with Gasteiger partial charge in [-0.15, -0.1) is 0 Å². The predicted molar refractivity (Wildman–Crippen MR) is 75.0 cm³/mol. The summed E-state index contributed by atoms with van der Waals surface area (Å²) in [5.74, 6) is 1.34. The van der Waals surface area contributed by atoms with E-state index in [4.69, 9.17) is 18.0 Å². The molecule has 94 valence electrons. The van der Waals surface area contributed by atoms with Gasteiger partial charge in [-0.3, -0.25) is 0 Å². The van der Waals surface area contributed by atoms with Crippen molar-refractivity contribution in [3.63, 3.8) is 0 Å². The van der Waals surface area contributed by atoms with E-state index in [-0.39, 0.29) is 10.4 Å². The minimum absolute atomic E-state index is 0.212. The summed E-state index contributed by atoms with van der Waals surface area (Å²) in [6.45, 7) is 9.72. The van der Waals surface area contributed by atoms with Crippen molar-refractivity contribution in [2.24, 2.45) is 17.1 Å². The molecule has 0 atom stereocenters. The molecule has 0 unspecified atom stereocenters. The summed E-state index contributed by atoms with van der Waals surface area (Å²) < 4.78 is 0. The molecule has 0 aromatic carbocycles. The van der Waals surface area contributed by atoms with E-state index in [1.165, 1.54) is 0 Å². The van der Waals surface area contributed by atoms with Crippen molar-refractivity contribution >= 4 is 23.0 Å². The molecule has 3 N–H and O–H groups in total. The van der Waals surface area contributed by atoms with E-state index in [1.54, 1.807) is 12.4 Å². The van der Waals surface area contributed by atoms with Crippen LogP contribution < -0.4 is 11.1 Å². The highest BCUT2D eigenvalue weighted by atomic mass is 32.1. The van der Waals surface area contributed by atoms with Gasteiger partial charge in [-0.1, -0.05) is 39.9 Å². The lowest BCUT2D eigenvalue weighted by atomic mass is 9.81. The van der Waals surface area contributed by atoms with Gasteiger partial charge in [0.15, 0.2) is 0 Å². The lowest BCUT2D eigenvalue weighted by Gasteiger charge is -2.29. The molecule has 1 rings (SSSR count). The average Bonchev–Trinajstić information content (AvgIpc) is 2.27. The highest BCUT2D eigenvalue weighted by Gasteiger charge is 2.21. The Balaban J connectivity index is 2.62. The molecule has 1 aromatic rings. The maximum Gasteiger partial charge on any atom is 0.144 e. The quantitative estimate of drug-likeness (QED) is 0.787. The van der Waals surface area contributed by atoms with Crippen LogP contribution in [0.3, 0.4) is 0 Å². The highest BCUT2D eigenvalue weighted by molar-refractivity contribution is 7.80. The van der Waals surface area contributed by atoms with Crippen LogP contribution in [0.15, 0.2) is 12.4 Å². The third-order valence-electron chi connectivity index (χ3n) is 3.19. The molecule has 0 radical (unpaired) electrons. The molecular formula is C12H20N4S. The van der Waals surface area contributed by atoms with Gasteiger partial charge in [0.1, 0.15) is 16.5 Å². The van der Waals surface area contributed by atoms with Gasteiger partial charge in [0, 0.05) is 6.54 Å². The maximum atomic E-state index is 5.46. The SMILES string of the molecule is CC(C)C(C)(C)CNc1cnc(C(N)=S)cn1. The molecule has 1 aromatic heterocycles. The van der Waals surface area contributed by atoms with Crippen molar-refractivity contribution in [1.29, 1.82) is 0 Å². The number of nitrogens with zero attached hydrogens (tertiary/aromatic N) is 2. The summed E-state index contributed by atoms with van der Waals surface area (Å²) in [7, 11) is 0. The number of nitrogens with one attached hydrogen (secondary N) is 1. The topological polar surface area (TPSA) is 63.8 Å². The number of thiocarbonyl (C=S) groups is 1. The van der Waals surface area contributed by atoms with E-state index in [9.17, 15) is 0 Å². The second kappa shape index (κ2) is 5.40. The Labute approximate surface area is 108 Å². The lowest BCUT2D eigenvalue weighted by Crippen LogP contribution is -2.28. The van der Waals surface area contributed by atoms with Crippen LogP contribution in [0.1, 0.15) is 33.4 Å². The van der Waals surface area contributed by atoms with E-state index in [2.05, 4.69) is 43.0 Å². The van der Waals surface area contributed by atoms with Crippen LogP contribution in [0.5, 0.6) is 0 Å². The van der Waals surface area contributed by atoms with Gasteiger partial charge in [-0.2, -0.15) is 0 Å². The molecule has 0 amide bonds. The smallest absolute Gasteiger partial charge is 0.144 e. The zero-order chi connectivity index (χ0) is 13.1. The van der Waals surface area contributed by atoms with Gasteiger partial charge in [0.25, 0.3) is 0 Å². The average molecular weight is 252 g/mol. The van der Waals surface area contributed by atoms with Crippen LogP contribution in [0.25, 0.3) is 0 Å². The molecule has 1 heterocycles. The fourth-order valence-electron chi connectivity index (χ4n) is 1.07. The standard InChI is InChI=1S/C12H20N4S/c1-8(2)12(3,4)7-16-10-6-14-9(5-15-10)11(13)17/h5-6,8H,7H2,1-4H3,(H2,13,17)(H,15,16). The van der Waals surface area contributed by atoms with Crippen LogP contribution in [0.2, 0.25) is 0 Å². The number of aromatic nitrogens is 2. The Hall–Kier alpha value is -1.23. The van der Waals surface area contributed by atoms with Crippen molar-refractivity contribution in [2.45, 2.75) is 27.7 Å². The van der Waals surface area contributed by atoms with E-state index in [0.717, 1.165) is 12.4 Å². The molecule has 0 saturated carbocycles. The van der Waals surface area contributed by atoms with Crippen LogP contribution in [-0.2, 0) is 0 Å². The number of hydrogen-bond donors (Lipinski definition) is 2. The number of anilines is 1. The van der Waals surface area contributed by atoms with E-state index < -0.39 is 0 Å². The van der Waals surface area contributed by atoms with Gasteiger partial charge < -0.3 is 11.1 Å². The Morgan fingerprint density at radius 3 is 2.47 bits per heavy atom. The molecule has 0 aliphatic carbocycles. The van der Waals surface area contributed by atoms with Crippen LogP contribution in [0, 0.1) is 11.3 Å². The molecule has 0 fully saturated rings. The molecule has 5 heteroatoms. The first-order valence-corrected chi connectivity index (χ1v) is 6.09. The van der Waals surface area contributed by atoms with Crippen molar-refractivity contribution in [1.82, 2.24) is 9.97 Å². The molecule has 17 heavy (non-hydrogen) atoms. The van der Waals surface area contributed by atoms with Crippen molar-refractivity contribution in [3.8, 4) is 0 Å². The minimum atomic E-state index is 0.212. The predicted octanol–water partition coefficient (Wildman–Crippen LogP) is 2.20. The number of hydrogen-bond acceptors (Lipinski definition) is 4. The summed E-state index contributed by atoms with van der Waals surface area (Å²) in [6.07, 6.45) is 3.25. The van der Waals surface area contributed by atoms with Crippen molar-refractivity contribution in [3.05, 3.63) is 18.1 Å².